The molecule has 1 atom stereocenters. The third-order valence-corrected chi connectivity index (χ3v) is 4.43. The predicted molar refractivity (Wildman–Crippen MR) is 88.0 cm³/mol. The number of alkyl halides is 3. The highest BCUT2D eigenvalue weighted by molar-refractivity contribution is 6.04. The molecule has 0 bridgehead atoms. The minimum Gasteiger partial charge on any atom is -0.458 e. The number of carbonyl (C=O) groups is 2. The smallest absolute Gasteiger partial charge is 0.418 e. The fourth-order valence-electron chi connectivity index (χ4n) is 3.03. The number of ether oxygens (including phenoxy) is 1. The summed E-state index contributed by atoms with van der Waals surface area (Å²) < 4.78 is 45.2. The first kappa shape index (κ1) is 18.2. The van der Waals surface area contributed by atoms with E-state index in [1.165, 1.54) is 12.1 Å². The number of hydrogen-bond acceptors (Lipinski definition) is 5. The van der Waals surface area contributed by atoms with E-state index in [1.54, 1.807) is 11.9 Å². The summed E-state index contributed by atoms with van der Waals surface area (Å²) in [5, 5.41) is 2.82. The summed E-state index contributed by atoms with van der Waals surface area (Å²) in [4.78, 5) is 28.1. The number of anilines is 1. The molecule has 2 heterocycles. The number of benzene rings is 1. The average Bonchev–Trinajstić information content (AvgIpc) is 2.91. The molecule has 0 radical (unpaired) electrons. The van der Waals surface area contributed by atoms with Gasteiger partial charge in [0.25, 0.3) is 0 Å². The Balaban J connectivity index is 1.79. The maximum absolute atomic E-state index is 13.5. The van der Waals surface area contributed by atoms with E-state index in [0.717, 1.165) is 6.07 Å². The zero-order valence-electron chi connectivity index (χ0n) is 14.1. The molecule has 1 unspecified atom stereocenters. The maximum Gasteiger partial charge on any atom is 0.418 e. The fourth-order valence-corrected chi connectivity index (χ4v) is 3.03. The van der Waals surface area contributed by atoms with Gasteiger partial charge in [0.2, 0.25) is 5.91 Å². The van der Waals surface area contributed by atoms with Crippen LogP contribution in [0.4, 0.5) is 18.9 Å². The molecule has 1 amide bonds. The quantitative estimate of drug-likeness (QED) is 0.824. The van der Waals surface area contributed by atoms with Gasteiger partial charge in [-0.25, -0.2) is 0 Å². The molecular formula is C17H18F3N3O3. The van der Waals surface area contributed by atoms with Crippen molar-refractivity contribution >= 4 is 23.3 Å². The molecule has 1 saturated heterocycles. The molecule has 0 aliphatic carbocycles. The van der Waals surface area contributed by atoms with Crippen molar-refractivity contribution in [1.29, 1.82) is 0 Å². The monoisotopic (exact) mass is 369 g/mol. The number of amides is 1. The van der Waals surface area contributed by atoms with Gasteiger partial charge in [-0.2, -0.15) is 13.2 Å². The normalized spacial score (nSPS) is 20.8. The zero-order valence-corrected chi connectivity index (χ0v) is 14.1. The number of likely N-dealkylation sites (tertiary alicyclic amines) is 1. The molecule has 1 N–H and O–H groups in total. The third kappa shape index (κ3) is 3.97. The number of hydrogen-bond donors (Lipinski definition) is 1. The number of cyclic esters (lactones) is 1. The first-order valence-corrected chi connectivity index (χ1v) is 8.12. The van der Waals surface area contributed by atoms with Crippen LogP contribution in [-0.2, 0) is 20.5 Å². The van der Waals surface area contributed by atoms with Crippen molar-refractivity contribution in [2.24, 2.45) is 10.9 Å². The summed E-state index contributed by atoms with van der Waals surface area (Å²) in [6.45, 7) is 0.462. The van der Waals surface area contributed by atoms with Crippen LogP contribution in [0.5, 0.6) is 0 Å². The summed E-state index contributed by atoms with van der Waals surface area (Å²) in [5.41, 5.74) is -0.278. The van der Waals surface area contributed by atoms with Crippen LogP contribution in [0.15, 0.2) is 23.2 Å². The van der Waals surface area contributed by atoms with Crippen molar-refractivity contribution in [3.05, 3.63) is 29.3 Å². The molecule has 3 rings (SSSR count). The van der Waals surface area contributed by atoms with E-state index in [4.69, 9.17) is 4.74 Å². The van der Waals surface area contributed by atoms with Gasteiger partial charge in [-0.15, -0.1) is 0 Å². The van der Waals surface area contributed by atoms with E-state index in [2.05, 4.69) is 10.3 Å². The summed E-state index contributed by atoms with van der Waals surface area (Å²) in [7, 11) is 1.68. The summed E-state index contributed by atoms with van der Waals surface area (Å²) in [6, 6.07) is 3.87. The number of esters is 1. The van der Waals surface area contributed by atoms with Gasteiger partial charge in [-0.05, 0) is 17.7 Å². The van der Waals surface area contributed by atoms with Crippen molar-refractivity contribution in [1.82, 2.24) is 4.90 Å². The van der Waals surface area contributed by atoms with Crippen molar-refractivity contribution in [2.75, 3.05) is 38.6 Å². The van der Waals surface area contributed by atoms with Crippen LogP contribution in [0.3, 0.4) is 0 Å². The van der Waals surface area contributed by atoms with Crippen molar-refractivity contribution < 1.29 is 27.5 Å². The Morgan fingerprint density at radius 3 is 2.69 bits per heavy atom. The second kappa shape index (κ2) is 6.97. The Morgan fingerprint density at radius 2 is 2.12 bits per heavy atom. The Kier molecular flexibility index (Phi) is 4.88. The van der Waals surface area contributed by atoms with E-state index in [-0.39, 0.29) is 42.8 Å². The van der Waals surface area contributed by atoms with Gasteiger partial charge in [0.15, 0.2) is 0 Å². The minimum atomic E-state index is -4.55. The predicted octanol–water partition coefficient (Wildman–Crippen LogP) is 1.94. The highest BCUT2D eigenvalue weighted by atomic mass is 19.4. The van der Waals surface area contributed by atoms with Gasteiger partial charge in [0.1, 0.15) is 13.2 Å². The van der Waals surface area contributed by atoms with Crippen molar-refractivity contribution in [3.63, 3.8) is 0 Å². The van der Waals surface area contributed by atoms with Gasteiger partial charge in [0, 0.05) is 38.2 Å². The molecule has 9 heteroatoms. The standard InChI is InChI=1S/C17H18F3N3O3/c1-23-8-10(4-15(23)24)6-21-13-3-2-11(5-12(13)17(18,19)20)14-9-26-16(25)7-22-14/h2-3,5,10,21H,4,6-9H2,1H3. The minimum absolute atomic E-state index is 0.00644. The highest BCUT2D eigenvalue weighted by Crippen LogP contribution is 2.36. The zero-order chi connectivity index (χ0) is 18.9. The molecule has 0 spiro atoms. The SMILES string of the molecule is CN1CC(CNc2ccc(C3=NCC(=O)OC3)cc2C(F)(F)F)CC1=O. The van der Waals surface area contributed by atoms with E-state index in [0.29, 0.717) is 18.7 Å². The molecule has 6 nitrogen and oxygen atoms in total. The van der Waals surface area contributed by atoms with Crippen molar-refractivity contribution in [3.8, 4) is 0 Å². The summed E-state index contributed by atoms with van der Waals surface area (Å²) in [5.74, 6) is -0.539. The topological polar surface area (TPSA) is 71.0 Å². The molecule has 0 saturated carbocycles. The van der Waals surface area contributed by atoms with Gasteiger partial charge in [0.05, 0.1) is 11.3 Å². The van der Waals surface area contributed by atoms with Gasteiger partial charge < -0.3 is 15.0 Å². The molecule has 140 valence electrons. The largest absolute Gasteiger partial charge is 0.458 e. The van der Waals surface area contributed by atoms with Crippen LogP contribution in [0.25, 0.3) is 0 Å². The molecule has 1 aromatic carbocycles. The van der Waals surface area contributed by atoms with Crippen molar-refractivity contribution in [2.45, 2.75) is 12.6 Å². The Morgan fingerprint density at radius 1 is 1.35 bits per heavy atom. The number of nitrogens with one attached hydrogen (secondary N) is 1. The molecule has 1 fully saturated rings. The number of rotatable bonds is 4. The summed E-state index contributed by atoms with van der Waals surface area (Å²) in [6.07, 6.45) is -4.22. The van der Waals surface area contributed by atoms with Crippen LogP contribution in [0.2, 0.25) is 0 Å². The van der Waals surface area contributed by atoms with Crippen LogP contribution >= 0.6 is 0 Å². The molecular weight excluding hydrogens is 351 g/mol. The maximum atomic E-state index is 13.5. The second-order valence-corrected chi connectivity index (χ2v) is 6.41. The molecule has 0 aromatic heterocycles. The Labute approximate surface area is 148 Å². The lowest BCUT2D eigenvalue weighted by atomic mass is 10.0. The lowest BCUT2D eigenvalue weighted by Gasteiger charge is -2.19. The highest BCUT2D eigenvalue weighted by Gasteiger charge is 2.35. The average molecular weight is 369 g/mol. The lowest BCUT2D eigenvalue weighted by Crippen LogP contribution is -2.24. The van der Waals surface area contributed by atoms with Gasteiger partial charge in [-0.1, -0.05) is 6.07 Å². The van der Waals surface area contributed by atoms with Crippen LogP contribution in [-0.4, -0.2) is 55.8 Å². The first-order valence-electron chi connectivity index (χ1n) is 8.12. The lowest BCUT2D eigenvalue weighted by molar-refractivity contribution is -0.141. The number of halogens is 3. The molecule has 2 aliphatic rings. The van der Waals surface area contributed by atoms with Crippen LogP contribution in [0.1, 0.15) is 17.5 Å². The fraction of sp³-hybridized carbons (Fsp3) is 0.471. The molecule has 1 aromatic rings. The number of carbonyl (C=O) groups excluding carboxylic acids is 2. The van der Waals surface area contributed by atoms with E-state index in [1.807, 2.05) is 0 Å². The second-order valence-electron chi connectivity index (χ2n) is 6.41. The Hall–Kier alpha value is -2.58. The van der Waals surface area contributed by atoms with Crippen LogP contribution < -0.4 is 5.32 Å². The number of aliphatic imine (C=N–C) groups is 1. The van der Waals surface area contributed by atoms with Gasteiger partial charge in [-0.3, -0.25) is 14.6 Å². The van der Waals surface area contributed by atoms with E-state index >= 15 is 0 Å². The van der Waals surface area contributed by atoms with Gasteiger partial charge >= 0.3 is 12.1 Å². The van der Waals surface area contributed by atoms with Crippen LogP contribution in [0, 0.1) is 5.92 Å². The molecule has 26 heavy (non-hydrogen) atoms. The Bertz CT molecular complexity index is 761. The van der Waals surface area contributed by atoms with E-state index in [9.17, 15) is 22.8 Å². The number of nitrogens with zero attached hydrogens (tertiary/aromatic N) is 2. The van der Waals surface area contributed by atoms with E-state index < -0.39 is 17.7 Å². The third-order valence-electron chi connectivity index (χ3n) is 4.43. The summed E-state index contributed by atoms with van der Waals surface area (Å²) >= 11 is 0. The molecule has 2 aliphatic heterocycles. The first-order chi connectivity index (χ1) is 12.2.